The van der Waals surface area contributed by atoms with Crippen LogP contribution in [0, 0.1) is 5.92 Å². The lowest BCUT2D eigenvalue weighted by Crippen LogP contribution is -2.53. The van der Waals surface area contributed by atoms with Crippen molar-refractivity contribution in [3.63, 3.8) is 0 Å². The molecule has 1 atom stereocenters. The summed E-state index contributed by atoms with van der Waals surface area (Å²) in [7, 11) is 4.01. The Morgan fingerprint density at radius 1 is 1.15 bits per heavy atom. The van der Waals surface area contributed by atoms with Crippen LogP contribution in [-0.2, 0) is 4.74 Å². The van der Waals surface area contributed by atoms with Crippen molar-refractivity contribution < 1.29 is 4.74 Å². The quantitative estimate of drug-likeness (QED) is 0.284. The molecule has 2 N–H and O–H groups in total. The number of nitrogens with one attached hydrogen (secondary N) is 2. The van der Waals surface area contributed by atoms with E-state index in [1.807, 2.05) is 7.05 Å². The van der Waals surface area contributed by atoms with E-state index in [1.54, 1.807) is 0 Å². The number of hydrogen-bond acceptors (Lipinski definition) is 4. The Kier molecular flexibility index (Phi) is 14.8. The van der Waals surface area contributed by atoms with Crippen molar-refractivity contribution in [2.75, 3.05) is 60.0 Å². The minimum atomic E-state index is 0. The van der Waals surface area contributed by atoms with E-state index >= 15 is 0 Å². The Hall–Kier alpha value is -0.120. The molecule has 1 rings (SSSR count). The molecule has 0 aromatic rings. The lowest BCUT2D eigenvalue weighted by Gasteiger charge is -2.39. The van der Waals surface area contributed by atoms with E-state index in [2.05, 4.69) is 60.2 Å². The third-order valence-electron chi connectivity index (χ3n) is 5.45. The van der Waals surface area contributed by atoms with Crippen LogP contribution in [0.2, 0.25) is 0 Å². The zero-order valence-electron chi connectivity index (χ0n) is 17.8. The van der Waals surface area contributed by atoms with Crippen LogP contribution in [0.25, 0.3) is 0 Å². The SMILES string of the molecule is CCC(CC)C(CNC(=NC)NCCN(C)C(C)C)N1CCOCC1.I. The standard InChI is InChI=1S/C19H41N5O.HI/c1-7-17(8-2)18(24-11-13-25-14-12-24)15-22-19(20-5)21-9-10-23(6)16(3)4;/h16-18H,7-15H2,1-6H3,(H2,20,21,22);1H. The number of likely N-dealkylation sites (N-methyl/N-ethyl adjacent to an activating group) is 1. The average molecular weight is 483 g/mol. The van der Waals surface area contributed by atoms with Crippen LogP contribution in [0.1, 0.15) is 40.5 Å². The van der Waals surface area contributed by atoms with Gasteiger partial charge in [-0.15, -0.1) is 24.0 Å². The first-order chi connectivity index (χ1) is 12.0. The van der Waals surface area contributed by atoms with E-state index in [1.165, 1.54) is 12.8 Å². The van der Waals surface area contributed by atoms with E-state index in [-0.39, 0.29) is 24.0 Å². The van der Waals surface area contributed by atoms with Crippen molar-refractivity contribution in [1.29, 1.82) is 0 Å². The zero-order chi connectivity index (χ0) is 18.7. The topological polar surface area (TPSA) is 52.1 Å². The van der Waals surface area contributed by atoms with Gasteiger partial charge in [-0.25, -0.2) is 0 Å². The normalized spacial score (nSPS) is 17.5. The molecule has 0 amide bonds. The first-order valence-electron chi connectivity index (χ1n) is 9.99. The molecule has 6 nitrogen and oxygen atoms in total. The molecule has 1 heterocycles. The number of ether oxygens (including phenoxy) is 1. The maximum atomic E-state index is 5.54. The van der Waals surface area contributed by atoms with Gasteiger partial charge in [-0.1, -0.05) is 26.7 Å². The molecule has 1 saturated heterocycles. The lowest BCUT2D eigenvalue weighted by atomic mass is 9.92. The largest absolute Gasteiger partial charge is 0.379 e. The van der Waals surface area contributed by atoms with E-state index < -0.39 is 0 Å². The molecule has 0 bridgehead atoms. The van der Waals surface area contributed by atoms with Crippen LogP contribution in [0.5, 0.6) is 0 Å². The second-order valence-electron chi connectivity index (χ2n) is 7.25. The van der Waals surface area contributed by atoms with Gasteiger partial charge in [0.2, 0.25) is 0 Å². The summed E-state index contributed by atoms with van der Waals surface area (Å²) in [4.78, 5) is 9.32. The van der Waals surface area contributed by atoms with Gasteiger partial charge in [0, 0.05) is 51.9 Å². The van der Waals surface area contributed by atoms with Gasteiger partial charge in [0.1, 0.15) is 0 Å². The fraction of sp³-hybridized carbons (Fsp3) is 0.947. The summed E-state index contributed by atoms with van der Waals surface area (Å²) < 4.78 is 5.54. The Morgan fingerprint density at radius 2 is 1.77 bits per heavy atom. The van der Waals surface area contributed by atoms with Gasteiger partial charge in [-0.2, -0.15) is 0 Å². The maximum absolute atomic E-state index is 5.54. The van der Waals surface area contributed by atoms with Crippen LogP contribution in [0.15, 0.2) is 4.99 Å². The predicted molar refractivity (Wildman–Crippen MR) is 123 cm³/mol. The van der Waals surface area contributed by atoms with Gasteiger partial charge < -0.3 is 20.3 Å². The van der Waals surface area contributed by atoms with Gasteiger partial charge in [-0.05, 0) is 26.8 Å². The summed E-state index contributed by atoms with van der Waals surface area (Å²) in [5.74, 6) is 1.61. The summed E-state index contributed by atoms with van der Waals surface area (Å²) in [6, 6.07) is 1.10. The van der Waals surface area contributed by atoms with Crippen molar-refractivity contribution >= 4 is 29.9 Å². The van der Waals surface area contributed by atoms with E-state index in [9.17, 15) is 0 Å². The van der Waals surface area contributed by atoms with Gasteiger partial charge in [0.15, 0.2) is 5.96 Å². The van der Waals surface area contributed by atoms with E-state index in [0.717, 1.165) is 51.9 Å². The molecular weight excluding hydrogens is 441 g/mol. The fourth-order valence-corrected chi connectivity index (χ4v) is 3.37. The molecule has 156 valence electrons. The molecule has 0 saturated carbocycles. The van der Waals surface area contributed by atoms with Crippen LogP contribution < -0.4 is 10.6 Å². The van der Waals surface area contributed by atoms with Crippen LogP contribution in [0.3, 0.4) is 0 Å². The second kappa shape index (κ2) is 14.9. The summed E-state index contributed by atoms with van der Waals surface area (Å²) in [6.07, 6.45) is 2.43. The molecule has 26 heavy (non-hydrogen) atoms. The summed E-state index contributed by atoms with van der Waals surface area (Å²) in [5.41, 5.74) is 0. The van der Waals surface area contributed by atoms with Gasteiger partial charge >= 0.3 is 0 Å². The van der Waals surface area contributed by atoms with E-state index in [4.69, 9.17) is 4.74 Å². The first kappa shape index (κ1) is 25.9. The summed E-state index contributed by atoms with van der Waals surface area (Å²) in [6.45, 7) is 15.7. The maximum Gasteiger partial charge on any atom is 0.191 e. The summed E-state index contributed by atoms with van der Waals surface area (Å²) >= 11 is 0. The molecule has 0 aromatic heterocycles. The Morgan fingerprint density at radius 3 is 2.27 bits per heavy atom. The highest BCUT2D eigenvalue weighted by atomic mass is 127. The monoisotopic (exact) mass is 483 g/mol. The fourth-order valence-electron chi connectivity index (χ4n) is 3.37. The first-order valence-corrected chi connectivity index (χ1v) is 9.99. The molecule has 0 radical (unpaired) electrons. The smallest absolute Gasteiger partial charge is 0.191 e. The third kappa shape index (κ3) is 9.19. The van der Waals surface area contributed by atoms with Crippen molar-refractivity contribution in [3.05, 3.63) is 0 Å². The number of hydrogen-bond donors (Lipinski definition) is 2. The zero-order valence-corrected chi connectivity index (χ0v) is 20.1. The number of halogens is 1. The molecule has 1 fully saturated rings. The van der Waals surface area contributed by atoms with Gasteiger partial charge in [-0.3, -0.25) is 9.89 Å². The minimum absolute atomic E-state index is 0. The number of aliphatic imine (C=N–C) groups is 1. The molecule has 0 aromatic carbocycles. The molecule has 1 aliphatic rings. The van der Waals surface area contributed by atoms with E-state index in [0.29, 0.717) is 18.0 Å². The molecule has 7 heteroatoms. The van der Waals surface area contributed by atoms with Crippen LogP contribution in [0.4, 0.5) is 0 Å². The molecule has 1 unspecified atom stereocenters. The lowest BCUT2D eigenvalue weighted by molar-refractivity contribution is 0.00272. The van der Waals surface area contributed by atoms with Crippen molar-refractivity contribution in [1.82, 2.24) is 20.4 Å². The van der Waals surface area contributed by atoms with Crippen molar-refractivity contribution in [3.8, 4) is 0 Å². The Balaban J connectivity index is 0.00000625. The Bertz CT molecular complexity index is 371. The average Bonchev–Trinajstić information content (AvgIpc) is 2.63. The van der Waals surface area contributed by atoms with Gasteiger partial charge in [0.05, 0.1) is 13.2 Å². The van der Waals surface area contributed by atoms with Crippen LogP contribution >= 0.6 is 24.0 Å². The number of rotatable bonds is 10. The van der Waals surface area contributed by atoms with Crippen molar-refractivity contribution in [2.45, 2.75) is 52.6 Å². The second-order valence-corrected chi connectivity index (χ2v) is 7.25. The highest BCUT2D eigenvalue weighted by Crippen LogP contribution is 2.19. The minimum Gasteiger partial charge on any atom is -0.379 e. The third-order valence-corrected chi connectivity index (χ3v) is 5.45. The molecule has 0 aliphatic carbocycles. The number of nitrogens with zero attached hydrogens (tertiary/aromatic N) is 3. The molecule has 0 spiro atoms. The molecular formula is C19H42IN5O. The Labute approximate surface area is 178 Å². The summed E-state index contributed by atoms with van der Waals surface area (Å²) in [5, 5.41) is 7.00. The highest BCUT2D eigenvalue weighted by molar-refractivity contribution is 14.0. The van der Waals surface area contributed by atoms with Gasteiger partial charge in [0.25, 0.3) is 0 Å². The number of morpholine rings is 1. The van der Waals surface area contributed by atoms with Crippen LogP contribution in [-0.4, -0.2) is 87.9 Å². The number of guanidine groups is 1. The van der Waals surface area contributed by atoms with Crippen molar-refractivity contribution in [2.24, 2.45) is 10.9 Å². The highest BCUT2D eigenvalue weighted by Gasteiger charge is 2.26. The molecule has 1 aliphatic heterocycles. The predicted octanol–water partition coefficient (Wildman–Crippen LogP) is 2.25.